The standard InChI is InChI=1S/C30H20F6S/c31-29(32,33)27(21-17-23-11-3-1-4-12-23)19-9-7-15-25(27)37-26-16-8-10-20-28(26,30(34,35)36)22-18-24-13-5-2-6-14-24/h1-16,19-20,25-26H. The summed E-state index contributed by atoms with van der Waals surface area (Å²) in [6.07, 6.45) is -0.0667. The summed E-state index contributed by atoms with van der Waals surface area (Å²) in [6, 6.07) is 16.3. The molecule has 188 valence electrons. The maximum Gasteiger partial charge on any atom is 0.409 e. The first kappa shape index (κ1) is 26.5. The zero-order chi connectivity index (χ0) is 26.6. The highest BCUT2D eigenvalue weighted by molar-refractivity contribution is 8.01. The lowest BCUT2D eigenvalue weighted by atomic mass is 9.80. The Balaban J connectivity index is 1.78. The van der Waals surface area contributed by atoms with Gasteiger partial charge in [0.2, 0.25) is 0 Å². The molecule has 0 radical (unpaired) electrons. The van der Waals surface area contributed by atoms with E-state index in [9.17, 15) is 26.3 Å². The predicted octanol–water partition coefficient (Wildman–Crippen LogP) is 7.91. The lowest BCUT2D eigenvalue weighted by Gasteiger charge is -2.41. The van der Waals surface area contributed by atoms with Crippen molar-refractivity contribution in [3.63, 3.8) is 0 Å². The van der Waals surface area contributed by atoms with Crippen molar-refractivity contribution in [1.82, 2.24) is 0 Å². The third-order valence-corrected chi connectivity index (χ3v) is 7.66. The van der Waals surface area contributed by atoms with Crippen molar-refractivity contribution in [2.75, 3.05) is 0 Å². The number of allylic oxidation sites excluding steroid dienone is 6. The molecule has 0 saturated heterocycles. The molecule has 7 heteroatoms. The Morgan fingerprint density at radius 1 is 0.568 bits per heavy atom. The maximum atomic E-state index is 14.6. The monoisotopic (exact) mass is 526 g/mol. The van der Waals surface area contributed by atoms with Gasteiger partial charge in [-0.2, -0.15) is 26.3 Å². The fourth-order valence-corrected chi connectivity index (χ4v) is 5.62. The Labute approximate surface area is 215 Å². The summed E-state index contributed by atoms with van der Waals surface area (Å²) < 4.78 is 87.7. The van der Waals surface area contributed by atoms with Crippen LogP contribution in [0.4, 0.5) is 26.3 Å². The van der Waals surface area contributed by atoms with Gasteiger partial charge in [0, 0.05) is 11.1 Å². The van der Waals surface area contributed by atoms with Crippen LogP contribution in [-0.4, -0.2) is 22.9 Å². The molecule has 0 spiro atoms. The van der Waals surface area contributed by atoms with Crippen LogP contribution in [0.3, 0.4) is 0 Å². The Hall–Kier alpha value is -3.55. The summed E-state index contributed by atoms with van der Waals surface area (Å²) in [7, 11) is 0. The van der Waals surface area contributed by atoms with Gasteiger partial charge in [-0.1, -0.05) is 109 Å². The number of halogens is 6. The quantitative estimate of drug-likeness (QED) is 0.283. The van der Waals surface area contributed by atoms with Crippen LogP contribution in [0.1, 0.15) is 11.1 Å². The second-order valence-corrected chi connectivity index (χ2v) is 9.72. The SMILES string of the molecule is FC(F)(F)C1(C#Cc2ccccc2)C=CC=CC1SC1C=CC=CC1(C#Cc1ccccc1)C(F)(F)F. The van der Waals surface area contributed by atoms with E-state index in [1.807, 2.05) is 0 Å². The molecular weight excluding hydrogens is 506 g/mol. The number of benzene rings is 2. The van der Waals surface area contributed by atoms with Gasteiger partial charge in [0.25, 0.3) is 0 Å². The lowest BCUT2D eigenvalue weighted by molar-refractivity contribution is -0.184. The average Bonchev–Trinajstić information content (AvgIpc) is 2.87. The molecule has 4 rings (SSSR count). The molecule has 2 aliphatic carbocycles. The number of rotatable bonds is 2. The van der Waals surface area contributed by atoms with E-state index in [2.05, 4.69) is 23.7 Å². The molecule has 2 aliphatic rings. The van der Waals surface area contributed by atoms with Gasteiger partial charge in [-0.15, -0.1) is 11.8 Å². The van der Waals surface area contributed by atoms with Crippen LogP contribution < -0.4 is 0 Å². The van der Waals surface area contributed by atoms with Crippen molar-refractivity contribution in [2.24, 2.45) is 10.8 Å². The molecule has 0 aliphatic heterocycles. The van der Waals surface area contributed by atoms with E-state index < -0.39 is 33.7 Å². The number of alkyl halides is 6. The van der Waals surface area contributed by atoms with Gasteiger partial charge in [-0.3, -0.25) is 0 Å². The van der Waals surface area contributed by atoms with Gasteiger partial charge in [-0.25, -0.2) is 0 Å². The highest BCUT2D eigenvalue weighted by Gasteiger charge is 2.62. The summed E-state index contributed by atoms with van der Waals surface area (Å²) in [5.41, 5.74) is -4.64. The number of hydrogen-bond donors (Lipinski definition) is 0. The van der Waals surface area contributed by atoms with E-state index in [1.54, 1.807) is 60.7 Å². The molecule has 0 amide bonds. The fraction of sp³-hybridized carbons (Fsp3) is 0.200. The number of thioether (sulfide) groups is 1. The molecule has 0 N–H and O–H groups in total. The molecular formula is C30H20F6S. The topological polar surface area (TPSA) is 0 Å². The van der Waals surface area contributed by atoms with Crippen LogP contribution >= 0.6 is 11.8 Å². The second-order valence-electron chi connectivity index (χ2n) is 8.43. The Morgan fingerprint density at radius 3 is 1.30 bits per heavy atom. The van der Waals surface area contributed by atoms with Crippen LogP contribution in [0.15, 0.2) is 109 Å². The normalized spacial score (nSPS) is 26.6. The molecule has 0 nitrogen and oxygen atoms in total. The lowest BCUT2D eigenvalue weighted by Crippen LogP contribution is -2.48. The van der Waals surface area contributed by atoms with Gasteiger partial charge in [0.15, 0.2) is 10.8 Å². The van der Waals surface area contributed by atoms with E-state index in [-0.39, 0.29) is 0 Å². The molecule has 2 aromatic rings. The molecule has 2 aromatic carbocycles. The summed E-state index contributed by atoms with van der Waals surface area (Å²) in [5, 5.41) is -2.90. The van der Waals surface area contributed by atoms with Crippen molar-refractivity contribution in [3.8, 4) is 23.7 Å². The molecule has 0 saturated carbocycles. The molecule has 4 unspecified atom stereocenters. The third-order valence-electron chi connectivity index (χ3n) is 6.02. The highest BCUT2D eigenvalue weighted by Crippen LogP contribution is 2.55. The minimum absolute atomic E-state index is 0.372. The van der Waals surface area contributed by atoms with Gasteiger partial charge >= 0.3 is 12.4 Å². The molecule has 0 bridgehead atoms. The first-order valence-corrected chi connectivity index (χ1v) is 12.2. The third kappa shape index (κ3) is 5.43. The van der Waals surface area contributed by atoms with E-state index in [1.165, 1.54) is 36.5 Å². The van der Waals surface area contributed by atoms with Crippen molar-refractivity contribution in [1.29, 1.82) is 0 Å². The van der Waals surface area contributed by atoms with Gasteiger partial charge in [-0.05, 0) is 24.3 Å². The predicted molar refractivity (Wildman–Crippen MR) is 135 cm³/mol. The van der Waals surface area contributed by atoms with Gasteiger partial charge in [0.1, 0.15) is 0 Å². The van der Waals surface area contributed by atoms with E-state index in [0.717, 1.165) is 12.2 Å². The van der Waals surface area contributed by atoms with E-state index in [0.29, 0.717) is 22.9 Å². The molecule has 37 heavy (non-hydrogen) atoms. The summed E-state index contributed by atoms with van der Waals surface area (Å²) in [6.45, 7) is 0. The minimum atomic E-state index is -4.85. The Kier molecular flexibility index (Phi) is 7.48. The van der Waals surface area contributed by atoms with Crippen molar-refractivity contribution in [2.45, 2.75) is 22.9 Å². The average molecular weight is 527 g/mol. The van der Waals surface area contributed by atoms with E-state index in [4.69, 9.17) is 0 Å². The van der Waals surface area contributed by atoms with Crippen LogP contribution in [-0.2, 0) is 0 Å². The molecule has 4 atom stereocenters. The summed E-state index contributed by atoms with van der Waals surface area (Å²) in [5.74, 6) is 9.88. The first-order valence-electron chi connectivity index (χ1n) is 11.2. The largest absolute Gasteiger partial charge is 0.409 e. The summed E-state index contributed by atoms with van der Waals surface area (Å²) in [4.78, 5) is 0. The van der Waals surface area contributed by atoms with Crippen molar-refractivity contribution >= 4 is 11.8 Å². The van der Waals surface area contributed by atoms with Crippen LogP contribution in [0.25, 0.3) is 0 Å². The number of hydrogen-bond acceptors (Lipinski definition) is 1. The highest BCUT2D eigenvalue weighted by atomic mass is 32.2. The fourth-order valence-electron chi connectivity index (χ4n) is 3.97. The van der Waals surface area contributed by atoms with E-state index >= 15 is 0 Å². The van der Waals surface area contributed by atoms with Gasteiger partial charge < -0.3 is 0 Å². The first-order chi connectivity index (χ1) is 17.6. The Bertz CT molecular complexity index is 1240. The van der Waals surface area contributed by atoms with Crippen LogP contribution in [0.2, 0.25) is 0 Å². The smallest absolute Gasteiger partial charge is 0.169 e. The summed E-state index contributed by atoms with van der Waals surface area (Å²) >= 11 is 0.558. The second kappa shape index (κ2) is 10.4. The maximum absolute atomic E-state index is 14.6. The molecule has 0 aromatic heterocycles. The zero-order valence-electron chi connectivity index (χ0n) is 19.2. The molecule has 0 heterocycles. The zero-order valence-corrected chi connectivity index (χ0v) is 20.0. The van der Waals surface area contributed by atoms with Crippen molar-refractivity contribution < 1.29 is 26.3 Å². The van der Waals surface area contributed by atoms with Crippen LogP contribution in [0.5, 0.6) is 0 Å². The van der Waals surface area contributed by atoms with Gasteiger partial charge in [0.05, 0.1) is 10.5 Å². The van der Waals surface area contributed by atoms with Crippen molar-refractivity contribution in [3.05, 3.63) is 120 Å². The minimum Gasteiger partial charge on any atom is -0.169 e. The molecule has 0 fully saturated rings. The Morgan fingerprint density at radius 2 is 0.946 bits per heavy atom. The van der Waals surface area contributed by atoms with Crippen LogP contribution in [0, 0.1) is 34.5 Å².